The monoisotopic (exact) mass is 441 g/mol. The molecule has 1 amide bonds. The first-order valence-electron chi connectivity index (χ1n) is 9.38. The number of hydrogen-bond donors (Lipinski definition) is 2. The highest BCUT2D eigenvalue weighted by atomic mass is 19.4. The molecule has 164 valence electrons. The first-order valence-corrected chi connectivity index (χ1v) is 9.38. The van der Waals surface area contributed by atoms with Gasteiger partial charge in [-0.05, 0) is 60.7 Å². The van der Waals surface area contributed by atoms with Crippen LogP contribution in [0.15, 0.2) is 83.9 Å². The fraction of sp³-hybridized carbons (Fsp3) is 0.0870. The molecule has 3 aromatic carbocycles. The Morgan fingerprint density at radius 2 is 1.44 bits per heavy atom. The van der Waals surface area contributed by atoms with Crippen LogP contribution in [0.4, 0.5) is 24.5 Å². The molecule has 0 aliphatic rings. The molecule has 0 aromatic heterocycles. The summed E-state index contributed by atoms with van der Waals surface area (Å²) in [6, 6.07) is 19.1. The zero-order valence-electron chi connectivity index (χ0n) is 16.8. The van der Waals surface area contributed by atoms with Gasteiger partial charge in [0.15, 0.2) is 5.84 Å². The summed E-state index contributed by atoms with van der Waals surface area (Å²) in [4.78, 5) is 33.0. The minimum atomic E-state index is -4.50. The van der Waals surface area contributed by atoms with Crippen LogP contribution in [-0.2, 0) is 15.8 Å². The minimum Gasteiger partial charge on any atom is -0.336 e. The standard InChI is InChI=1S/C23H18F3N3O3/c1-15(30)27-20-13-9-16(10-14-20)21(28-19-5-3-2-4-6-19)29-32-22(31)17-7-11-18(12-8-17)23(24,25)26/h2-14H,1H3,(H,27,30)(H,28,29). The lowest BCUT2D eigenvalue weighted by Gasteiger charge is -2.12. The third kappa shape index (κ3) is 6.18. The summed E-state index contributed by atoms with van der Waals surface area (Å²) in [7, 11) is 0. The zero-order valence-corrected chi connectivity index (χ0v) is 16.8. The van der Waals surface area contributed by atoms with Crippen molar-refractivity contribution in [3.05, 3.63) is 95.6 Å². The Hall–Kier alpha value is -4.14. The summed E-state index contributed by atoms with van der Waals surface area (Å²) in [5.74, 6) is -0.917. The van der Waals surface area contributed by atoms with Gasteiger partial charge >= 0.3 is 12.1 Å². The number of rotatable bonds is 4. The van der Waals surface area contributed by atoms with E-state index >= 15 is 0 Å². The highest BCUT2D eigenvalue weighted by Gasteiger charge is 2.30. The Labute approximate surface area is 181 Å². The number of anilines is 1. The summed E-state index contributed by atoms with van der Waals surface area (Å²) >= 11 is 0. The Balaban J connectivity index is 1.79. The van der Waals surface area contributed by atoms with Gasteiger partial charge < -0.3 is 10.2 Å². The lowest BCUT2D eigenvalue weighted by molar-refractivity contribution is -0.137. The van der Waals surface area contributed by atoms with Gasteiger partial charge in [0.05, 0.1) is 16.8 Å². The number of alkyl halides is 3. The normalized spacial score (nSPS) is 11.6. The van der Waals surface area contributed by atoms with Gasteiger partial charge in [0, 0.05) is 18.2 Å². The molecule has 0 radical (unpaired) electrons. The fourth-order valence-corrected chi connectivity index (χ4v) is 2.64. The van der Waals surface area contributed by atoms with Crippen molar-refractivity contribution in [2.75, 3.05) is 5.32 Å². The van der Waals surface area contributed by atoms with Crippen LogP contribution < -0.4 is 10.8 Å². The molecule has 2 N–H and O–H groups in total. The van der Waals surface area contributed by atoms with Crippen LogP contribution in [0.1, 0.15) is 28.4 Å². The fourth-order valence-electron chi connectivity index (χ4n) is 2.64. The maximum Gasteiger partial charge on any atom is 0.416 e. The molecule has 6 nitrogen and oxygen atoms in total. The van der Waals surface area contributed by atoms with E-state index in [1.165, 1.54) is 6.92 Å². The van der Waals surface area contributed by atoms with Gasteiger partial charge in [-0.2, -0.15) is 18.7 Å². The number of hydroxylamine groups is 1. The molecule has 0 heterocycles. The number of halogens is 3. The second kappa shape index (κ2) is 9.78. The molecule has 0 aliphatic heterocycles. The van der Waals surface area contributed by atoms with Crippen LogP contribution in [0.5, 0.6) is 0 Å². The Morgan fingerprint density at radius 1 is 0.844 bits per heavy atom. The van der Waals surface area contributed by atoms with E-state index in [2.05, 4.69) is 15.8 Å². The summed E-state index contributed by atoms with van der Waals surface area (Å²) < 4.78 is 38.1. The summed E-state index contributed by atoms with van der Waals surface area (Å²) in [5, 5.41) is 2.64. The number of amides is 1. The average molecular weight is 441 g/mol. The van der Waals surface area contributed by atoms with Crippen molar-refractivity contribution < 1.29 is 27.6 Å². The predicted molar refractivity (Wildman–Crippen MR) is 113 cm³/mol. The molecule has 0 saturated heterocycles. The topological polar surface area (TPSA) is 79.8 Å². The van der Waals surface area contributed by atoms with Crippen LogP contribution in [0.3, 0.4) is 0 Å². The van der Waals surface area contributed by atoms with E-state index in [1.54, 1.807) is 48.5 Å². The first kappa shape index (κ1) is 22.5. The highest BCUT2D eigenvalue weighted by Crippen LogP contribution is 2.29. The molecule has 0 aliphatic carbocycles. The van der Waals surface area contributed by atoms with Gasteiger partial charge in [-0.25, -0.2) is 9.79 Å². The lowest BCUT2D eigenvalue weighted by atomic mass is 10.1. The van der Waals surface area contributed by atoms with Crippen molar-refractivity contribution in [2.24, 2.45) is 4.99 Å². The van der Waals surface area contributed by atoms with Gasteiger partial charge in [0.25, 0.3) is 0 Å². The Bertz CT molecular complexity index is 1110. The number of benzene rings is 3. The summed E-state index contributed by atoms with van der Waals surface area (Å²) in [6.45, 7) is 1.39. The van der Waals surface area contributed by atoms with Crippen LogP contribution in [-0.4, -0.2) is 17.7 Å². The first-order chi connectivity index (χ1) is 15.2. The van der Waals surface area contributed by atoms with E-state index in [4.69, 9.17) is 4.84 Å². The number of para-hydroxylation sites is 1. The largest absolute Gasteiger partial charge is 0.416 e. The maximum atomic E-state index is 12.7. The van der Waals surface area contributed by atoms with Gasteiger partial charge in [-0.3, -0.25) is 4.79 Å². The third-order valence-electron chi connectivity index (χ3n) is 4.16. The number of aliphatic imine (C=N–C) groups is 1. The van der Waals surface area contributed by atoms with Crippen LogP contribution >= 0.6 is 0 Å². The molecule has 3 rings (SSSR count). The highest BCUT2D eigenvalue weighted by molar-refractivity contribution is 6.01. The van der Waals surface area contributed by atoms with Crippen LogP contribution in [0, 0.1) is 0 Å². The van der Waals surface area contributed by atoms with E-state index in [0.717, 1.165) is 24.3 Å². The van der Waals surface area contributed by atoms with Crippen molar-refractivity contribution in [2.45, 2.75) is 13.1 Å². The minimum absolute atomic E-state index is 0.0643. The number of carbonyl (C=O) groups excluding carboxylic acids is 2. The smallest absolute Gasteiger partial charge is 0.336 e. The van der Waals surface area contributed by atoms with E-state index in [-0.39, 0.29) is 17.3 Å². The number of nitrogens with zero attached hydrogens (tertiary/aromatic N) is 1. The number of amidine groups is 1. The molecule has 0 fully saturated rings. The number of hydrogen-bond acceptors (Lipinski definition) is 4. The second-order valence-electron chi connectivity index (χ2n) is 6.62. The van der Waals surface area contributed by atoms with E-state index in [0.29, 0.717) is 16.9 Å². The second-order valence-corrected chi connectivity index (χ2v) is 6.62. The predicted octanol–water partition coefficient (Wildman–Crippen LogP) is 5.10. The van der Waals surface area contributed by atoms with Crippen molar-refractivity contribution in [3.63, 3.8) is 0 Å². The SMILES string of the molecule is CC(=O)Nc1ccc(C(=Nc2ccccc2)NOC(=O)c2ccc(C(F)(F)F)cc2)cc1. The molecule has 32 heavy (non-hydrogen) atoms. The third-order valence-corrected chi connectivity index (χ3v) is 4.16. The van der Waals surface area contributed by atoms with Crippen molar-refractivity contribution in [1.29, 1.82) is 0 Å². The lowest BCUT2D eigenvalue weighted by Crippen LogP contribution is -2.28. The number of nitrogens with one attached hydrogen (secondary N) is 2. The summed E-state index contributed by atoms with van der Waals surface area (Å²) in [5.41, 5.74) is 3.24. The molecule has 0 atom stereocenters. The van der Waals surface area contributed by atoms with E-state index < -0.39 is 17.7 Å². The van der Waals surface area contributed by atoms with Crippen molar-refractivity contribution >= 4 is 29.1 Å². The Kier molecular flexibility index (Phi) is 6.89. The van der Waals surface area contributed by atoms with Gasteiger partial charge in [0.1, 0.15) is 0 Å². The molecular weight excluding hydrogens is 423 g/mol. The summed E-state index contributed by atoms with van der Waals surface area (Å²) in [6.07, 6.45) is -4.50. The molecular formula is C23H18F3N3O3. The zero-order chi connectivity index (χ0) is 23.1. The van der Waals surface area contributed by atoms with Crippen molar-refractivity contribution in [1.82, 2.24) is 5.48 Å². The van der Waals surface area contributed by atoms with Gasteiger partial charge in [0.2, 0.25) is 5.91 Å². The van der Waals surface area contributed by atoms with Crippen molar-refractivity contribution in [3.8, 4) is 0 Å². The quantitative estimate of drug-likeness (QED) is 0.335. The maximum absolute atomic E-state index is 12.7. The molecule has 0 unspecified atom stereocenters. The van der Waals surface area contributed by atoms with Crippen LogP contribution in [0.2, 0.25) is 0 Å². The Morgan fingerprint density at radius 3 is 2.00 bits per heavy atom. The van der Waals surface area contributed by atoms with Gasteiger partial charge in [-0.15, -0.1) is 0 Å². The molecule has 0 saturated carbocycles. The van der Waals surface area contributed by atoms with E-state index in [1.807, 2.05) is 6.07 Å². The molecule has 0 bridgehead atoms. The number of carbonyl (C=O) groups is 2. The molecule has 0 spiro atoms. The molecule has 9 heteroatoms. The van der Waals surface area contributed by atoms with Crippen LogP contribution in [0.25, 0.3) is 0 Å². The molecule has 3 aromatic rings. The van der Waals surface area contributed by atoms with Gasteiger partial charge in [-0.1, -0.05) is 18.2 Å². The van der Waals surface area contributed by atoms with E-state index in [9.17, 15) is 22.8 Å². The average Bonchev–Trinajstić information content (AvgIpc) is 2.77.